The summed E-state index contributed by atoms with van der Waals surface area (Å²) in [6.07, 6.45) is 0.925. The molecular formula is C26H28O6. The SMILES string of the molecule is CC(C)CCOc1ccccc1C(=O)O.O=C(O)c1ccccc1OCc1ccccc1. The number of para-hydroxylation sites is 2. The molecule has 0 saturated heterocycles. The smallest absolute Gasteiger partial charge is 0.339 e. The normalized spacial score (nSPS) is 10.1. The summed E-state index contributed by atoms with van der Waals surface area (Å²) in [5.74, 6) is -0.527. The van der Waals surface area contributed by atoms with E-state index >= 15 is 0 Å². The van der Waals surface area contributed by atoms with Gasteiger partial charge in [-0.05, 0) is 42.2 Å². The van der Waals surface area contributed by atoms with Crippen LogP contribution in [-0.4, -0.2) is 28.8 Å². The molecule has 0 fully saturated rings. The molecule has 0 unspecified atom stereocenters. The Kier molecular flexibility index (Phi) is 9.78. The molecular weight excluding hydrogens is 408 g/mol. The zero-order valence-electron chi connectivity index (χ0n) is 18.2. The molecule has 3 aromatic rings. The number of rotatable bonds is 9. The number of carboxylic acid groups (broad SMARTS) is 2. The Balaban J connectivity index is 0.000000229. The molecule has 0 radical (unpaired) electrons. The second-order valence-corrected chi connectivity index (χ2v) is 7.41. The molecule has 0 bridgehead atoms. The van der Waals surface area contributed by atoms with Gasteiger partial charge in [0.2, 0.25) is 0 Å². The summed E-state index contributed by atoms with van der Waals surface area (Å²) < 4.78 is 10.9. The van der Waals surface area contributed by atoms with Gasteiger partial charge in [0, 0.05) is 0 Å². The van der Waals surface area contributed by atoms with E-state index in [1.807, 2.05) is 30.3 Å². The highest BCUT2D eigenvalue weighted by molar-refractivity contribution is 5.91. The molecule has 3 rings (SSSR count). The van der Waals surface area contributed by atoms with Crippen molar-refractivity contribution in [1.82, 2.24) is 0 Å². The van der Waals surface area contributed by atoms with E-state index in [-0.39, 0.29) is 11.1 Å². The zero-order chi connectivity index (χ0) is 23.3. The van der Waals surface area contributed by atoms with Crippen LogP contribution in [0.5, 0.6) is 11.5 Å². The number of carbonyl (C=O) groups is 2. The van der Waals surface area contributed by atoms with Crippen LogP contribution in [0.1, 0.15) is 46.5 Å². The molecule has 0 aliphatic heterocycles. The second kappa shape index (κ2) is 12.8. The van der Waals surface area contributed by atoms with Gasteiger partial charge in [-0.2, -0.15) is 0 Å². The fraction of sp³-hybridized carbons (Fsp3) is 0.231. The minimum Gasteiger partial charge on any atom is -0.493 e. The third kappa shape index (κ3) is 8.14. The number of ether oxygens (including phenoxy) is 2. The van der Waals surface area contributed by atoms with Crippen molar-refractivity contribution in [3.05, 3.63) is 95.6 Å². The van der Waals surface area contributed by atoms with E-state index in [0.717, 1.165) is 12.0 Å². The Morgan fingerprint density at radius 3 is 1.69 bits per heavy atom. The van der Waals surface area contributed by atoms with Gasteiger partial charge >= 0.3 is 11.9 Å². The van der Waals surface area contributed by atoms with Gasteiger partial charge in [-0.25, -0.2) is 9.59 Å². The van der Waals surface area contributed by atoms with E-state index in [0.29, 0.717) is 30.6 Å². The van der Waals surface area contributed by atoms with E-state index < -0.39 is 11.9 Å². The maximum Gasteiger partial charge on any atom is 0.339 e. The number of hydrogen-bond donors (Lipinski definition) is 2. The van der Waals surface area contributed by atoms with Crippen molar-refractivity contribution < 1.29 is 29.3 Å². The van der Waals surface area contributed by atoms with E-state index in [2.05, 4.69) is 13.8 Å². The standard InChI is InChI=1S/C14H12O3.C12H16O3/c15-14(16)12-8-4-5-9-13(12)17-10-11-6-2-1-3-7-11;1-9(2)7-8-15-11-6-4-3-5-10(11)12(13)14/h1-9H,10H2,(H,15,16);3-6,9H,7-8H2,1-2H3,(H,13,14). The first-order valence-corrected chi connectivity index (χ1v) is 10.3. The third-order valence-corrected chi connectivity index (χ3v) is 4.42. The van der Waals surface area contributed by atoms with Crippen LogP contribution < -0.4 is 9.47 Å². The molecule has 3 aromatic carbocycles. The summed E-state index contributed by atoms with van der Waals surface area (Å²) in [6, 6.07) is 23.0. The molecule has 6 heteroatoms. The Labute approximate surface area is 188 Å². The highest BCUT2D eigenvalue weighted by Crippen LogP contribution is 2.19. The highest BCUT2D eigenvalue weighted by Gasteiger charge is 2.10. The highest BCUT2D eigenvalue weighted by atomic mass is 16.5. The Hall–Kier alpha value is -3.80. The fourth-order valence-electron chi connectivity index (χ4n) is 2.68. The molecule has 0 amide bonds. The summed E-state index contributed by atoms with van der Waals surface area (Å²) in [6.45, 7) is 5.13. The van der Waals surface area contributed by atoms with Crippen molar-refractivity contribution in [3.8, 4) is 11.5 Å². The number of carboxylic acids is 2. The zero-order valence-corrected chi connectivity index (χ0v) is 18.2. The van der Waals surface area contributed by atoms with Gasteiger partial charge in [-0.1, -0.05) is 68.4 Å². The van der Waals surface area contributed by atoms with Gasteiger partial charge in [0.05, 0.1) is 6.61 Å². The van der Waals surface area contributed by atoms with Crippen molar-refractivity contribution in [2.45, 2.75) is 26.9 Å². The Morgan fingerprint density at radius 2 is 1.19 bits per heavy atom. The van der Waals surface area contributed by atoms with E-state index in [4.69, 9.17) is 19.7 Å². The quantitative estimate of drug-likeness (QED) is 0.442. The van der Waals surface area contributed by atoms with E-state index in [1.165, 1.54) is 6.07 Å². The van der Waals surface area contributed by atoms with Crippen LogP contribution in [0.25, 0.3) is 0 Å². The Morgan fingerprint density at radius 1 is 0.719 bits per heavy atom. The first-order chi connectivity index (χ1) is 15.4. The third-order valence-electron chi connectivity index (χ3n) is 4.42. The first kappa shape index (κ1) is 24.5. The number of aromatic carboxylic acids is 2. The first-order valence-electron chi connectivity index (χ1n) is 10.3. The average Bonchev–Trinajstić information content (AvgIpc) is 2.79. The van der Waals surface area contributed by atoms with Crippen LogP contribution in [0.3, 0.4) is 0 Å². The lowest BCUT2D eigenvalue weighted by Crippen LogP contribution is -2.06. The van der Waals surface area contributed by atoms with E-state index in [9.17, 15) is 9.59 Å². The lowest BCUT2D eigenvalue weighted by molar-refractivity contribution is 0.0680. The summed E-state index contributed by atoms with van der Waals surface area (Å²) in [5.41, 5.74) is 1.41. The fourth-order valence-corrected chi connectivity index (χ4v) is 2.68. The summed E-state index contributed by atoms with van der Waals surface area (Å²) >= 11 is 0. The molecule has 0 heterocycles. The molecule has 0 saturated carbocycles. The lowest BCUT2D eigenvalue weighted by atomic mass is 10.1. The van der Waals surface area contributed by atoms with Crippen LogP contribution in [0.15, 0.2) is 78.9 Å². The minimum absolute atomic E-state index is 0.184. The summed E-state index contributed by atoms with van der Waals surface area (Å²) in [7, 11) is 0. The monoisotopic (exact) mass is 436 g/mol. The molecule has 0 atom stereocenters. The second-order valence-electron chi connectivity index (χ2n) is 7.41. The van der Waals surface area contributed by atoms with Crippen molar-refractivity contribution in [3.63, 3.8) is 0 Å². The van der Waals surface area contributed by atoms with E-state index in [1.54, 1.807) is 42.5 Å². The van der Waals surface area contributed by atoms with Crippen LogP contribution in [0.4, 0.5) is 0 Å². The van der Waals surface area contributed by atoms with Crippen LogP contribution >= 0.6 is 0 Å². The van der Waals surface area contributed by atoms with Crippen LogP contribution in [-0.2, 0) is 6.61 Å². The maximum absolute atomic E-state index is 11.0. The topological polar surface area (TPSA) is 93.1 Å². The molecule has 6 nitrogen and oxygen atoms in total. The number of benzene rings is 3. The van der Waals surface area contributed by atoms with Gasteiger partial charge in [-0.3, -0.25) is 0 Å². The average molecular weight is 437 g/mol. The van der Waals surface area contributed by atoms with Gasteiger partial charge in [-0.15, -0.1) is 0 Å². The largest absolute Gasteiger partial charge is 0.493 e. The Bertz CT molecular complexity index is 998. The molecule has 168 valence electrons. The number of hydrogen-bond acceptors (Lipinski definition) is 4. The van der Waals surface area contributed by atoms with Gasteiger partial charge in [0.25, 0.3) is 0 Å². The van der Waals surface area contributed by atoms with Gasteiger partial charge in [0.1, 0.15) is 29.2 Å². The molecule has 2 N–H and O–H groups in total. The molecule has 0 aliphatic rings. The summed E-state index contributed by atoms with van der Waals surface area (Å²) in [4.78, 5) is 21.8. The summed E-state index contributed by atoms with van der Waals surface area (Å²) in [5, 5.41) is 17.9. The van der Waals surface area contributed by atoms with Gasteiger partial charge in [0.15, 0.2) is 0 Å². The predicted molar refractivity (Wildman–Crippen MR) is 123 cm³/mol. The lowest BCUT2D eigenvalue weighted by Gasteiger charge is -2.09. The maximum atomic E-state index is 11.0. The molecule has 0 spiro atoms. The van der Waals surface area contributed by atoms with Crippen molar-refractivity contribution in [1.29, 1.82) is 0 Å². The molecule has 0 aliphatic carbocycles. The molecule has 0 aromatic heterocycles. The predicted octanol–water partition coefficient (Wildman–Crippen LogP) is 5.77. The minimum atomic E-state index is -0.978. The van der Waals surface area contributed by atoms with Crippen LogP contribution in [0, 0.1) is 5.92 Å². The van der Waals surface area contributed by atoms with Crippen molar-refractivity contribution in [2.75, 3.05) is 6.61 Å². The van der Waals surface area contributed by atoms with Gasteiger partial charge < -0.3 is 19.7 Å². The molecule has 32 heavy (non-hydrogen) atoms. The van der Waals surface area contributed by atoms with Crippen molar-refractivity contribution in [2.24, 2.45) is 5.92 Å². The van der Waals surface area contributed by atoms with Crippen LogP contribution in [0.2, 0.25) is 0 Å². The van der Waals surface area contributed by atoms with Crippen molar-refractivity contribution >= 4 is 11.9 Å².